The first-order valence-corrected chi connectivity index (χ1v) is 8.27. The molecule has 1 heterocycles. The zero-order valence-electron chi connectivity index (χ0n) is 11.7. The molecule has 1 aromatic heterocycles. The van der Waals surface area contributed by atoms with E-state index in [1.165, 1.54) is 32.1 Å². The zero-order chi connectivity index (χ0) is 13.8. The number of nitrogens with two attached hydrogens (primary N) is 1. The third-order valence-electron chi connectivity index (χ3n) is 4.15. The second kappa shape index (κ2) is 6.46. The van der Waals surface area contributed by atoms with Crippen LogP contribution in [0.25, 0.3) is 0 Å². The Morgan fingerprint density at radius 1 is 1.15 bits per heavy atom. The summed E-state index contributed by atoms with van der Waals surface area (Å²) in [6.07, 6.45) is 7.93. The van der Waals surface area contributed by atoms with Crippen LogP contribution in [0, 0.1) is 5.92 Å². The Morgan fingerprint density at radius 2 is 1.90 bits per heavy atom. The highest BCUT2D eigenvalue weighted by molar-refractivity contribution is 7.11. The molecule has 3 rings (SSSR count). The third kappa shape index (κ3) is 3.25. The van der Waals surface area contributed by atoms with Crippen molar-refractivity contribution in [3.8, 4) is 0 Å². The monoisotopic (exact) mass is 287 g/mol. The number of rotatable bonds is 5. The Labute approximate surface area is 124 Å². The van der Waals surface area contributed by atoms with Gasteiger partial charge in [0.2, 0.25) is 0 Å². The molecular formula is C16H21N3S. The molecule has 1 aromatic carbocycles. The van der Waals surface area contributed by atoms with Gasteiger partial charge in [-0.3, -0.25) is 0 Å². The molecule has 0 aliphatic heterocycles. The van der Waals surface area contributed by atoms with E-state index in [1.807, 2.05) is 30.3 Å². The van der Waals surface area contributed by atoms with E-state index in [-0.39, 0.29) is 6.04 Å². The second-order valence-electron chi connectivity index (χ2n) is 5.61. The van der Waals surface area contributed by atoms with Gasteiger partial charge < -0.3 is 5.73 Å². The Morgan fingerprint density at radius 3 is 2.65 bits per heavy atom. The number of aromatic nitrogens is 2. The van der Waals surface area contributed by atoms with Crippen LogP contribution in [0.15, 0.2) is 30.3 Å². The number of benzene rings is 1. The summed E-state index contributed by atoms with van der Waals surface area (Å²) in [7, 11) is 0. The van der Waals surface area contributed by atoms with Gasteiger partial charge in [-0.2, -0.15) is 0 Å². The van der Waals surface area contributed by atoms with Crippen LogP contribution in [0.4, 0.5) is 0 Å². The molecule has 1 atom stereocenters. The number of nitrogens with zero attached hydrogens (tertiary/aromatic N) is 2. The predicted molar refractivity (Wildman–Crippen MR) is 82.7 cm³/mol. The third-order valence-corrected chi connectivity index (χ3v) is 5.21. The van der Waals surface area contributed by atoms with Crippen molar-refractivity contribution in [3.05, 3.63) is 45.9 Å². The fourth-order valence-electron chi connectivity index (χ4n) is 2.92. The van der Waals surface area contributed by atoms with E-state index in [0.717, 1.165) is 27.9 Å². The van der Waals surface area contributed by atoms with Gasteiger partial charge >= 0.3 is 0 Å². The quantitative estimate of drug-likeness (QED) is 0.912. The summed E-state index contributed by atoms with van der Waals surface area (Å²) in [6.45, 7) is 0. The average Bonchev–Trinajstić information content (AvgIpc) is 3.17. The van der Waals surface area contributed by atoms with Gasteiger partial charge in [0, 0.05) is 6.42 Å². The van der Waals surface area contributed by atoms with Crippen molar-refractivity contribution in [1.29, 1.82) is 0 Å². The summed E-state index contributed by atoms with van der Waals surface area (Å²) in [5.41, 5.74) is 7.36. The van der Waals surface area contributed by atoms with E-state index < -0.39 is 0 Å². The second-order valence-corrected chi connectivity index (χ2v) is 6.71. The zero-order valence-corrected chi connectivity index (χ0v) is 12.5. The van der Waals surface area contributed by atoms with Crippen molar-refractivity contribution in [1.82, 2.24) is 10.2 Å². The van der Waals surface area contributed by atoms with Crippen LogP contribution in [-0.4, -0.2) is 10.2 Å². The van der Waals surface area contributed by atoms with Crippen LogP contribution < -0.4 is 5.73 Å². The van der Waals surface area contributed by atoms with Crippen molar-refractivity contribution >= 4 is 11.3 Å². The number of aryl methyl sites for hydroxylation is 1. The lowest BCUT2D eigenvalue weighted by atomic mass is 10.0. The largest absolute Gasteiger partial charge is 0.318 e. The lowest BCUT2D eigenvalue weighted by Gasteiger charge is -2.07. The van der Waals surface area contributed by atoms with E-state index in [9.17, 15) is 0 Å². The molecule has 0 saturated heterocycles. The molecule has 1 aliphatic rings. The highest BCUT2D eigenvalue weighted by Crippen LogP contribution is 2.30. The molecule has 2 N–H and O–H groups in total. The summed E-state index contributed by atoms with van der Waals surface area (Å²) in [6, 6.07) is 9.97. The number of hydrogen-bond donors (Lipinski definition) is 1. The van der Waals surface area contributed by atoms with Gasteiger partial charge in [0.25, 0.3) is 0 Å². The molecule has 1 aliphatic carbocycles. The predicted octanol–water partition coefficient (Wildman–Crippen LogP) is 3.71. The minimum absolute atomic E-state index is 0.145. The Bertz CT molecular complexity index is 532. The maximum Gasteiger partial charge on any atom is 0.138 e. The first-order chi connectivity index (χ1) is 9.83. The van der Waals surface area contributed by atoms with Crippen LogP contribution in [0.5, 0.6) is 0 Å². The van der Waals surface area contributed by atoms with Gasteiger partial charge in [0.05, 0.1) is 6.04 Å². The molecule has 1 saturated carbocycles. The molecule has 1 fully saturated rings. The molecule has 0 amide bonds. The highest BCUT2D eigenvalue weighted by Gasteiger charge is 2.17. The molecule has 2 aromatic rings. The van der Waals surface area contributed by atoms with E-state index >= 15 is 0 Å². The summed E-state index contributed by atoms with van der Waals surface area (Å²) in [5, 5.41) is 10.7. The molecular weight excluding hydrogens is 266 g/mol. The lowest BCUT2D eigenvalue weighted by molar-refractivity contribution is 0.502. The maximum atomic E-state index is 6.26. The molecule has 3 nitrogen and oxygen atoms in total. The smallest absolute Gasteiger partial charge is 0.138 e. The molecule has 0 radical (unpaired) electrons. The van der Waals surface area contributed by atoms with Gasteiger partial charge in [-0.1, -0.05) is 67.4 Å². The minimum Gasteiger partial charge on any atom is -0.318 e. The summed E-state index contributed by atoms with van der Waals surface area (Å²) >= 11 is 1.67. The summed E-state index contributed by atoms with van der Waals surface area (Å²) < 4.78 is 0. The van der Waals surface area contributed by atoms with Crippen molar-refractivity contribution in [3.63, 3.8) is 0 Å². The fourth-order valence-corrected chi connectivity index (χ4v) is 3.81. The normalized spacial score (nSPS) is 17.4. The Balaban J connectivity index is 1.61. The van der Waals surface area contributed by atoms with Crippen LogP contribution in [-0.2, 0) is 6.42 Å². The Kier molecular flexibility index (Phi) is 4.43. The lowest BCUT2D eigenvalue weighted by Crippen LogP contribution is -2.11. The van der Waals surface area contributed by atoms with E-state index in [4.69, 9.17) is 5.73 Å². The molecule has 106 valence electrons. The van der Waals surface area contributed by atoms with Gasteiger partial charge in [0.1, 0.15) is 10.0 Å². The maximum absolute atomic E-state index is 6.26. The highest BCUT2D eigenvalue weighted by atomic mass is 32.1. The molecule has 4 heteroatoms. The van der Waals surface area contributed by atoms with Gasteiger partial charge in [0.15, 0.2) is 0 Å². The topological polar surface area (TPSA) is 51.8 Å². The van der Waals surface area contributed by atoms with Gasteiger partial charge in [-0.15, -0.1) is 10.2 Å². The summed E-state index contributed by atoms with van der Waals surface area (Å²) in [4.78, 5) is 0. The number of hydrogen-bond acceptors (Lipinski definition) is 4. The van der Waals surface area contributed by atoms with Crippen molar-refractivity contribution in [2.24, 2.45) is 11.7 Å². The van der Waals surface area contributed by atoms with Crippen molar-refractivity contribution < 1.29 is 0 Å². The standard InChI is InChI=1S/C16H21N3S/c17-15(13-8-2-1-3-9-13)16-19-18-14(20-16)11-10-12-6-4-5-7-12/h1-3,8-9,12,15H,4-7,10-11,17H2. The van der Waals surface area contributed by atoms with Crippen LogP contribution >= 0.6 is 11.3 Å². The SMILES string of the molecule is NC(c1ccccc1)c1nnc(CCC2CCCC2)s1. The van der Waals surface area contributed by atoms with Crippen molar-refractivity contribution in [2.45, 2.75) is 44.6 Å². The van der Waals surface area contributed by atoms with Crippen LogP contribution in [0.2, 0.25) is 0 Å². The van der Waals surface area contributed by atoms with E-state index in [1.54, 1.807) is 11.3 Å². The molecule has 20 heavy (non-hydrogen) atoms. The Hall–Kier alpha value is -1.26. The van der Waals surface area contributed by atoms with Crippen LogP contribution in [0.3, 0.4) is 0 Å². The minimum atomic E-state index is -0.145. The van der Waals surface area contributed by atoms with Gasteiger partial charge in [-0.05, 0) is 17.9 Å². The van der Waals surface area contributed by atoms with E-state index in [2.05, 4.69) is 10.2 Å². The van der Waals surface area contributed by atoms with E-state index in [0.29, 0.717) is 0 Å². The fraction of sp³-hybridized carbons (Fsp3) is 0.500. The molecule has 0 bridgehead atoms. The average molecular weight is 287 g/mol. The van der Waals surface area contributed by atoms with Crippen LogP contribution in [0.1, 0.15) is 53.7 Å². The van der Waals surface area contributed by atoms with Gasteiger partial charge in [-0.25, -0.2) is 0 Å². The van der Waals surface area contributed by atoms with Crippen molar-refractivity contribution in [2.75, 3.05) is 0 Å². The first kappa shape index (κ1) is 13.7. The molecule has 0 spiro atoms. The summed E-state index contributed by atoms with van der Waals surface area (Å²) in [5.74, 6) is 0.908. The molecule has 1 unspecified atom stereocenters. The first-order valence-electron chi connectivity index (χ1n) is 7.46.